The summed E-state index contributed by atoms with van der Waals surface area (Å²) in [7, 11) is 0. The van der Waals surface area contributed by atoms with Crippen molar-refractivity contribution < 1.29 is 4.39 Å². The highest BCUT2D eigenvalue weighted by atomic mass is 35.5. The Bertz CT molecular complexity index is 1010. The van der Waals surface area contributed by atoms with E-state index in [4.69, 9.17) is 34.7 Å². The SMILES string of the molecule is C=C(N=C(N)N)c1ccc2c(F)cnc(-c3c(Cl)cccc3Cl)c2c1. The van der Waals surface area contributed by atoms with Crippen molar-refractivity contribution in [1.29, 1.82) is 0 Å². The van der Waals surface area contributed by atoms with Crippen LogP contribution in [-0.2, 0) is 0 Å². The molecule has 0 unspecified atom stereocenters. The molecule has 0 bridgehead atoms. The molecule has 3 rings (SSSR count). The van der Waals surface area contributed by atoms with Crippen LogP contribution in [0.15, 0.2) is 54.2 Å². The van der Waals surface area contributed by atoms with Gasteiger partial charge in [0.05, 0.1) is 27.6 Å². The molecule has 0 saturated heterocycles. The van der Waals surface area contributed by atoms with Gasteiger partial charge >= 0.3 is 0 Å². The number of hydrogen-bond donors (Lipinski definition) is 2. The second-order valence-corrected chi connectivity index (χ2v) is 6.11. The van der Waals surface area contributed by atoms with Crippen molar-refractivity contribution in [2.45, 2.75) is 0 Å². The lowest BCUT2D eigenvalue weighted by Gasteiger charge is -2.11. The van der Waals surface area contributed by atoms with Gasteiger partial charge in [-0.3, -0.25) is 4.98 Å². The van der Waals surface area contributed by atoms with Gasteiger partial charge in [0.25, 0.3) is 0 Å². The van der Waals surface area contributed by atoms with Gasteiger partial charge < -0.3 is 11.5 Å². The van der Waals surface area contributed by atoms with E-state index < -0.39 is 5.82 Å². The van der Waals surface area contributed by atoms with Crippen molar-refractivity contribution >= 4 is 45.6 Å². The largest absolute Gasteiger partial charge is 0.370 e. The van der Waals surface area contributed by atoms with Gasteiger partial charge in [-0.05, 0) is 18.2 Å². The number of aromatic nitrogens is 1. The van der Waals surface area contributed by atoms with Gasteiger partial charge in [0.15, 0.2) is 5.96 Å². The lowest BCUT2D eigenvalue weighted by atomic mass is 10.0. The highest BCUT2D eigenvalue weighted by Crippen LogP contribution is 2.38. The Kier molecular flexibility index (Phi) is 4.61. The van der Waals surface area contributed by atoms with E-state index in [-0.39, 0.29) is 5.96 Å². The number of rotatable bonds is 3. The summed E-state index contributed by atoms with van der Waals surface area (Å²) in [4.78, 5) is 8.13. The molecule has 0 radical (unpaired) electrons. The standard InChI is InChI=1S/C18H13Cl2FN4/c1-9(25-18(22)23)10-5-6-11-12(7-10)17(24-8-15(11)21)16-13(19)3-2-4-14(16)20/h2-8H,1H2,(H4,22,23,25). The molecular formula is C18H13Cl2FN4. The topological polar surface area (TPSA) is 77.3 Å². The van der Waals surface area contributed by atoms with E-state index in [2.05, 4.69) is 16.6 Å². The van der Waals surface area contributed by atoms with E-state index in [9.17, 15) is 4.39 Å². The first-order chi connectivity index (χ1) is 11.9. The first kappa shape index (κ1) is 17.2. The minimum Gasteiger partial charge on any atom is -0.370 e. The molecule has 0 amide bonds. The third-order valence-corrected chi connectivity index (χ3v) is 4.27. The summed E-state index contributed by atoms with van der Waals surface area (Å²) in [5, 5.41) is 1.74. The zero-order valence-electron chi connectivity index (χ0n) is 12.9. The second-order valence-electron chi connectivity index (χ2n) is 5.30. The molecule has 0 fully saturated rings. The molecule has 25 heavy (non-hydrogen) atoms. The minimum absolute atomic E-state index is 0.114. The lowest BCUT2D eigenvalue weighted by Crippen LogP contribution is -2.22. The number of benzene rings is 2. The van der Waals surface area contributed by atoms with Crippen LogP contribution >= 0.6 is 23.2 Å². The molecule has 126 valence electrons. The maximum Gasteiger partial charge on any atom is 0.191 e. The summed E-state index contributed by atoms with van der Waals surface area (Å²) in [6, 6.07) is 10.1. The van der Waals surface area contributed by atoms with Crippen molar-refractivity contribution in [2.75, 3.05) is 0 Å². The van der Waals surface area contributed by atoms with E-state index in [1.807, 2.05) is 0 Å². The van der Waals surface area contributed by atoms with Crippen molar-refractivity contribution in [1.82, 2.24) is 4.98 Å². The van der Waals surface area contributed by atoms with Crippen LogP contribution in [0, 0.1) is 5.82 Å². The Morgan fingerprint density at radius 2 is 1.76 bits per heavy atom. The van der Waals surface area contributed by atoms with Crippen molar-refractivity contribution in [2.24, 2.45) is 16.5 Å². The maximum atomic E-state index is 14.2. The number of halogens is 3. The van der Waals surface area contributed by atoms with Crippen LogP contribution in [0.25, 0.3) is 27.7 Å². The first-order valence-electron chi connectivity index (χ1n) is 7.20. The van der Waals surface area contributed by atoms with Gasteiger partial charge in [0.2, 0.25) is 0 Å². The van der Waals surface area contributed by atoms with Gasteiger partial charge in [-0.15, -0.1) is 0 Å². The molecule has 4 N–H and O–H groups in total. The van der Waals surface area contributed by atoms with E-state index >= 15 is 0 Å². The van der Waals surface area contributed by atoms with Crippen LogP contribution in [0.4, 0.5) is 4.39 Å². The Balaban J connectivity index is 2.32. The molecule has 4 nitrogen and oxygen atoms in total. The number of nitrogens with zero attached hydrogens (tertiary/aromatic N) is 2. The van der Waals surface area contributed by atoms with Gasteiger partial charge in [-0.25, -0.2) is 9.38 Å². The third kappa shape index (κ3) is 3.29. The Morgan fingerprint density at radius 1 is 1.08 bits per heavy atom. The summed E-state index contributed by atoms with van der Waals surface area (Å²) < 4.78 is 14.2. The summed E-state index contributed by atoms with van der Waals surface area (Å²) in [5.41, 5.74) is 12.7. The monoisotopic (exact) mass is 374 g/mol. The molecule has 7 heteroatoms. The number of pyridine rings is 1. The van der Waals surface area contributed by atoms with Crippen LogP contribution in [0.1, 0.15) is 5.56 Å². The molecular weight excluding hydrogens is 362 g/mol. The van der Waals surface area contributed by atoms with Crippen LogP contribution in [0.5, 0.6) is 0 Å². The maximum absolute atomic E-state index is 14.2. The fourth-order valence-electron chi connectivity index (χ4n) is 2.53. The van der Waals surface area contributed by atoms with E-state index in [0.29, 0.717) is 43.3 Å². The molecule has 1 aromatic heterocycles. The zero-order chi connectivity index (χ0) is 18.1. The molecule has 0 saturated carbocycles. The predicted molar refractivity (Wildman–Crippen MR) is 102 cm³/mol. The number of aliphatic imine (C=N–C) groups is 1. The fourth-order valence-corrected chi connectivity index (χ4v) is 3.11. The van der Waals surface area contributed by atoms with Crippen LogP contribution in [0.3, 0.4) is 0 Å². The van der Waals surface area contributed by atoms with E-state index in [0.717, 1.165) is 6.20 Å². The van der Waals surface area contributed by atoms with Gasteiger partial charge in [-0.1, -0.05) is 48.0 Å². The number of fused-ring (bicyclic) bond motifs is 1. The average Bonchev–Trinajstić information content (AvgIpc) is 2.55. The molecule has 2 aromatic carbocycles. The molecule has 0 spiro atoms. The lowest BCUT2D eigenvalue weighted by molar-refractivity contribution is 0.634. The summed E-state index contributed by atoms with van der Waals surface area (Å²) in [6.07, 6.45) is 1.14. The molecule has 3 aromatic rings. The molecule has 1 heterocycles. The normalized spacial score (nSPS) is 10.7. The Labute approximate surface area is 153 Å². The van der Waals surface area contributed by atoms with Crippen LogP contribution < -0.4 is 11.5 Å². The van der Waals surface area contributed by atoms with Crippen molar-refractivity contribution in [3.8, 4) is 11.3 Å². The van der Waals surface area contributed by atoms with Gasteiger partial charge in [-0.2, -0.15) is 0 Å². The highest BCUT2D eigenvalue weighted by molar-refractivity contribution is 6.39. The fraction of sp³-hybridized carbons (Fsp3) is 0. The second kappa shape index (κ2) is 6.70. The summed E-state index contributed by atoms with van der Waals surface area (Å²) >= 11 is 12.6. The van der Waals surface area contributed by atoms with Crippen molar-refractivity contribution in [3.63, 3.8) is 0 Å². The molecule has 0 aliphatic rings. The minimum atomic E-state index is -0.457. The summed E-state index contributed by atoms with van der Waals surface area (Å²) in [6.45, 7) is 3.82. The first-order valence-corrected chi connectivity index (χ1v) is 7.95. The third-order valence-electron chi connectivity index (χ3n) is 3.64. The number of nitrogens with two attached hydrogens (primary N) is 2. The predicted octanol–water partition coefficient (Wildman–Crippen LogP) is 4.59. The van der Waals surface area contributed by atoms with E-state index in [1.165, 1.54) is 0 Å². The highest BCUT2D eigenvalue weighted by Gasteiger charge is 2.16. The Morgan fingerprint density at radius 3 is 2.40 bits per heavy atom. The number of guanidine groups is 1. The average molecular weight is 375 g/mol. The quantitative estimate of drug-likeness (QED) is 0.519. The molecule has 0 aliphatic carbocycles. The van der Waals surface area contributed by atoms with Crippen molar-refractivity contribution in [3.05, 3.63) is 70.6 Å². The smallest absolute Gasteiger partial charge is 0.191 e. The van der Waals surface area contributed by atoms with Gasteiger partial charge in [0.1, 0.15) is 5.82 Å². The number of hydrogen-bond acceptors (Lipinski definition) is 2. The Hall–Kier alpha value is -2.63. The van der Waals surface area contributed by atoms with Gasteiger partial charge in [0, 0.05) is 21.9 Å². The van der Waals surface area contributed by atoms with Crippen LogP contribution in [-0.4, -0.2) is 10.9 Å². The molecule has 0 atom stereocenters. The summed E-state index contributed by atoms with van der Waals surface area (Å²) in [5.74, 6) is -0.572. The zero-order valence-corrected chi connectivity index (χ0v) is 14.4. The van der Waals surface area contributed by atoms with Crippen LogP contribution in [0.2, 0.25) is 10.0 Å². The molecule has 0 aliphatic heterocycles. The van der Waals surface area contributed by atoms with E-state index in [1.54, 1.807) is 36.4 Å².